The van der Waals surface area contributed by atoms with Gasteiger partial charge in [-0.15, -0.1) is 0 Å². The summed E-state index contributed by atoms with van der Waals surface area (Å²) in [6.45, 7) is 0.566. The molecule has 0 saturated carbocycles. The summed E-state index contributed by atoms with van der Waals surface area (Å²) < 4.78 is 28.3. The average molecular weight is 451 g/mol. The summed E-state index contributed by atoms with van der Waals surface area (Å²) in [5, 5.41) is 7.56. The van der Waals surface area contributed by atoms with Crippen LogP contribution in [0.1, 0.15) is 24.6 Å². The van der Waals surface area contributed by atoms with Gasteiger partial charge in [-0.2, -0.15) is 5.10 Å². The lowest BCUT2D eigenvalue weighted by Gasteiger charge is -2.29. The van der Waals surface area contributed by atoms with Gasteiger partial charge in [-0.1, -0.05) is 23.5 Å². The fraction of sp³-hybridized carbons (Fsp3) is 0.444. The molecular weight excluding hydrogens is 428 g/mol. The van der Waals surface area contributed by atoms with Gasteiger partial charge >= 0.3 is 5.69 Å². The van der Waals surface area contributed by atoms with Crippen LogP contribution in [-0.2, 0) is 28.4 Å². The van der Waals surface area contributed by atoms with Crippen molar-refractivity contribution in [3.05, 3.63) is 40.6 Å². The summed E-state index contributed by atoms with van der Waals surface area (Å²) in [6, 6.07) is 7.57. The van der Waals surface area contributed by atoms with E-state index < -0.39 is 10.0 Å². The number of carbonyl (C=O) groups excluding carboxylic acids is 1. The van der Waals surface area contributed by atoms with Crippen LogP contribution >= 0.6 is 11.3 Å². The van der Waals surface area contributed by atoms with Gasteiger partial charge in [0.15, 0.2) is 5.13 Å². The minimum atomic E-state index is -3.22. The smallest absolute Gasteiger partial charge is 0.300 e. The van der Waals surface area contributed by atoms with Gasteiger partial charge in [0.25, 0.3) is 0 Å². The molecule has 3 heterocycles. The summed E-state index contributed by atoms with van der Waals surface area (Å²) in [7, 11) is -1.60. The van der Waals surface area contributed by atoms with E-state index in [-0.39, 0.29) is 24.1 Å². The number of sulfonamides is 1. The maximum absolute atomic E-state index is 12.5. The lowest BCUT2D eigenvalue weighted by atomic mass is 9.97. The quantitative estimate of drug-likeness (QED) is 0.619. The van der Waals surface area contributed by atoms with E-state index >= 15 is 0 Å². The molecule has 1 aliphatic heterocycles. The first-order valence-electron chi connectivity index (χ1n) is 9.46. The van der Waals surface area contributed by atoms with Crippen LogP contribution in [0.2, 0.25) is 0 Å². The molecule has 2 aromatic heterocycles. The minimum absolute atomic E-state index is 0.0331. The van der Waals surface area contributed by atoms with E-state index in [1.807, 2.05) is 24.3 Å². The standard InChI is InChI=1S/C18H22N6O4S2/c1-22-16(12-7-9-23(10-8-12)30(2,27)28)21-24(18(22)26)11-15(25)20-17-19-13-5-3-4-6-14(13)29-17/h3-6,12H,7-11H2,1-2H3,(H,19,20,25). The molecule has 1 fully saturated rings. The summed E-state index contributed by atoms with van der Waals surface area (Å²) >= 11 is 1.36. The summed E-state index contributed by atoms with van der Waals surface area (Å²) in [5.74, 6) is 0.155. The van der Waals surface area contributed by atoms with Crippen LogP contribution in [0.3, 0.4) is 0 Å². The second-order valence-corrected chi connectivity index (χ2v) is 10.3. The summed E-state index contributed by atoms with van der Waals surface area (Å²) in [5.41, 5.74) is 0.422. The van der Waals surface area contributed by atoms with Crippen molar-refractivity contribution >= 4 is 42.6 Å². The number of fused-ring (bicyclic) bond motifs is 1. The molecule has 0 unspecified atom stereocenters. The maximum Gasteiger partial charge on any atom is 0.346 e. The Morgan fingerprint density at radius 3 is 2.63 bits per heavy atom. The largest absolute Gasteiger partial charge is 0.346 e. The van der Waals surface area contributed by atoms with Crippen LogP contribution in [0, 0.1) is 0 Å². The van der Waals surface area contributed by atoms with Gasteiger partial charge in [-0.25, -0.2) is 27.2 Å². The third-order valence-electron chi connectivity index (χ3n) is 5.20. The fourth-order valence-corrected chi connectivity index (χ4v) is 5.39. The normalized spacial score (nSPS) is 16.2. The van der Waals surface area contributed by atoms with Crippen molar-refractivity contribution in [1.29, 1.82) is 0 Å². The predicted octanol–water partition coefficient (Wildman–Crippen LogP) is 0.969. The molecule has 1 aliphatic rings. The van der Waals surface area contributed by atoms with Crippen molar-refractivity contribution in [3.63, 3.8) is 0 Å². The van der Waals surface area contributed by atoms with Crippen molar-refractivity contribution in [3.8, 4) is 0 Å². The lowest BCUT2D eigenvalue weighted by molar-refractivity contribution is -0.117. The number of rotatable bonds is 5. The van der Waals surface area contributed by atoms with Crippen molar-refractivity contribution in [2.24, 2.45) is 7.05 Å². The number of amides is 1. The van der Waals surface area contributed by atoms with Crippen LogP contribution < -0.4 is 11.0 Å². The van der Waals surface area contributed by atoms with Crippen LogP contribution in [0.25, 0.3) is 10.2 Å². The number of hydrogen-bond donors (Lipinski definition) is 1. The molecule has 0 spiro atoms. The van der Waals surface area contributed by atoms with Gasteiger partial charge in [0.05, 0.1) is 16.5 Å². The molecule has 12 heteroatoms. The van der Waals surface area contributed by atoms with E-state index in [0.717, 1.165) is 14.9 Å². The number of anilines is 1. The molecule has 0 bridgehead atoms. The van der Waals surface area contributed by atoms with Crippen LogP contribution in [0.5, 0.6) is 0 Å². The van der Waals surface area contributed by atoms with Crippen molar-refractivity contribution < 1.29 is 13.2 Å². The zero-order valence-electron chi connectivity index (χ0n) is 16.6. The Labute approximate surface area is 177 Å². The minimum Gasteiger partial charge on any atom is -0.300 e. The molecule has 1 aromatic carbocycles. The fourth-order valence-electron chi connectivity index (χ4n) is 3.63. The van der Waals surface area contributed by atoms with Gasteiger partial charge in [0, 0.05) is 26.1 Å². The van der Waals surface area contributed by atoms with Crippen molar-refractivity contribution in [1.82, 2.24) is 23.6 Å². The molecule has 0 atom stereocenters. The highest BCUT2D eigenvalue weighted by molar-refractivity contribution is 7.88. The molecule has 10 nitrogen and oxygen atoms in total. The molecule has 30 heavy (non-hydrogen) atoms. The van der Waals surface area contributed by atoms with E-state index in [0.29, 0.717) is 36.9 Å². The first-order chi connectivity index (χ1) is 14.2. The number of piperidine rings is 1. The highest BCUT2D eigenvalue weighted by Gasteiger charge is 2.29. The van der Waals surface area contributed by atoms with Gasteiger partial charge in [0.2, 0.25) is 15.9 Å². The molecule has 1 saturated heterocycles. The zero-order valence-corrected chi connectivity index (χ0v) is 18.2. The van der Waals surface area contributed by atoms with Crippen molar-refractivity contribution in [2.75, 3.05) is 24.7 Å². The number of aromatic nitrogens is 4. The Kier molecular flexibility index (Phi) is 5.47. The van der Waals surface area contributed by atoms with Crippen LogP contribution in [0.4, 0.5) is 5.13 Å². The SMILES string of the molecule is Cn1c(C2CCN(S(C)(=O)=O)CC2)nn(CC(=O)Nc2nc3ccccc3s2)c1=O. The maximum atomic E-state index is 12.5. The van der Waals surface area contributed by atoms with Gasteiger partial charge < -0.3 is 5.32 Å². The highest BCUT2D eigenvalue weighted by atomic mass is 32.2. The number of thiazole rings is 1. The van der Waals surface area contributed by atoms with E-state index in [9.17, 15) is 18.0 Å². The first-order valence-corrected chi connectivity index (χ1v) is 12.1. The third kappa shape index (κ3) is 4.16. The Balaban J connectivity index is 1.45. The predicted molar refractivity (Wildman–Crippen MR) is 114 cm³/mol. The molecule has 3 aromatic rings. The van der Waals surface area contributed by atoms with E-state index in [1.54, 1.807) is 7.05 Å². The number of nitrogens with zero attached hydrogens (tertiary/aromatic N) is 5. The summed E-state index contributed by atoms with van der Waals surface area (Å²) in [6.07, 6.45) is 2.35. The molecule has 0 aliphatic carbocycles. The molecular formula is C18H22N6O4S2. The number of hydrogen-bond acceptors (Lipinski definition) is 7. The monoisotopic (exact) mass is 450 g/mol. The number of nitrogens with one attached hydrogen (secondary N) is 1. The van der Waals surface area contributed by atoms with Gasteiger partial charge in [0.1, 0.15) is 12.4 Å². The average Bonchev–Trinajstić information content (AvgIpc) is 3.22. The van der Waals surface area contributed by atoms with Crippen molar-refractivity contribution in [2.45, 2.75) is 25.3 Å². The van der Waals surface area contributed by atoms with E-state index in [1.165, 1.54) is 26.5 Å². The molecule has 4 rings (SSSR count). The van der Waals surface area contributed by atoms with E-state index in [2.05, 4.69) is 15.4 Å². The lowest BCUT2D eigenvalue weighted by Crippen LogP contribution is -2.37. The summed E-state index contributed by atoms with van der Waals surface area (Å²) in [4.78, 5) is 29.3. The number of benzene rings is 1. The molecule has 160 valence electrons. The Hall–Kier alpha value is -2.57. The van der Waals surface area contributed by atoms with Gasteiger partial charge in [-0.3, -0.25) is 9.36 Å². The molecule has 1 amide bonds. The third-order valence-corrected chi connectivity index (χ3v) is 7.45. The molecule has 1 N–H and O–H groups in total. The zero-order chi connectivity index (χ0) is 21.5. The Bertz CT molecular complexity index is 1220. The van der Waals surface area contributed by atoms with Crippen LogP contribution in [-0.4, -0.2) is 57.3 Å². The Morgan fingerprint density at radius 2 is 1.97 bits per heavy atom. The second kappa shape index (κ2) is 7.93. The van der Waals surface area contributed by atoms with E-state index in [4.69, 9.17) is 0 Å². The number of para-hydroxylation sites is 1. The van der Waals surface area contributed by atoms with Gasteiger partial charge in [-0.05, 0) is 25.0 Å². The Morgan fingerprint density at radius 1 is 1.27 bits per heavy atom. The first kappa shape index (κ1) is 20.7. The number of carbonyl (C=O) groups is 1. The van der Waals surface area contributed by atoms with Crippen LogP contribution in [0.15, 0.2) is 29.1 Å². The topological polar surface area (TPSA) is 119 Å². The highest BCUT2D eigenvalue weighted by Crippen LogP contribution is 2.27. The second-order valence-electron chi connectivity index (χ2n) is 7.33. The molecule has 0 radical (unpaired) electrons.